The molecule has 0 aromatic carbocycles. The second kappa shape index (κ2) is 5.58. The maximum Gasteiger partial charge on any atom is 0.262 e. The van der Waals surface area contributed by atoms with Gasteiger partial charge in [-0.2, -0.15) is 0 Å². The Labute approximate surface area is 96.8 Å². The molecular weight excluding hydrogens is 206 g/mol. The van der Waals surface area contributed by atoms with E-state index in [1.54, 1.807) is 6.26 Å². The maximum absolute atomic E-state index is 11.1. The van der Waals surface area contributed by atoms with E-state index in [4.69, 9.17) is 0 Å². The lowest BCUT2D eigenvalue weighted by molar-refractivity contribution is -0.106. The predicted molar refractivity (Wildman–Crippen MR) is 65.8 cm³/mol. The van der Waals surface area contributed by atoms with E-state index in [1.807, 2.05) is 0 Å². The number of piperidine rings is 1. The number of hydrogen-bond donors (Lipinski definition) is 0. The minimum Gasteiger partial charge on any atom is -0.288 e. The van der Waals surface area contributed by atoms with Crippen LogP contribution < -0.4 is 0 Å². The second-order valence-corrected chi connectivity index (χ2v) is 5.13. The topological polar surface area (TPSA) is 20.3 Å². The molecule has 0 aromatic heterocycles. The molecule has 1 fully saturated rings. The van der Waals surface area contributed by atoms with E-state index < -0.39 is 0 Å². The van der Waals surface area contributed by atoms with E-state index >= 15 is 0 Å². The summed E-state index contributed by atoms with van der Waals surface area (Å²) < 4.78 is 0. The largest absolute Gasteiger partial charge is 0.288 e. The zero-order chi connectivity index (χ0) is 11.3. The SMILES string of the molecule is CSC(=O)C#CC(C)(C)N1CCCCC1. The highest BCUT2D eigenvalue weighted by molar-refractivity contribution is 8.13. The monoisotopic (exact) mass is 225 g/mol. The molecule has 1 heterocycles. The van der Waals surface area contributed by atoms with Crippen LogP contribution in [0.4, 0.5) is 0 Å². The van der Waals surface area contributed by atoms with Crippen molar-refractivity contribution < 1.29 is 4.79 Å². The Morgan fingerprint density at radius 3 is 2.40 bits per heavy atom. The van der Waals surface area contributed by atoms with Crippen LogP contribution in [-0.2, 0) is 4.79 Å². The van der Waals surface area contributed by atoms with Crippen molar-refractivity contribution in [3.05, 3.63) is 0 Å². The van der Waals surface area contributed by atoms with Gasteiger partial charge in [0.05, 0.1) is 5.54 Å². The van der Waals surface area contributed by atoms with Gasteiger partial charge in [-0.15, -0.1) is 0 Å². The van der Waals surface area contributed by atoms with Gasteiger partial charge in [0.25, 0.3) is 5.12 Å². The van der Waals surface area contributed by atoms with Gasteiger partial charge in [0.15, 0.2) is 0 Å². The molecule has 0 spiro atoms. The molecule has 0 amide bonds. The summed E-state index contributed by atoms with van der Waals surface area (Å²) in [5.74, 6) is 5.79. The lowest BCUT2D eigenvalue weighted by Gasteiger charge is -2.37. The van der Waals surface area contributed by atoms with Gasteiger partial charge in [-0.3, -0.25) is 9.69 Å². The van der Waals surface area contributed by atoms with Crippen LogP contribution in [-0.4, -0.2) is 34.9 Å². The van der Waals surface area contributed by atoms with Gasteiger partial charge in [0, 0.05) is 0 Å². The molecule has 0 saturated carbocycles. The van der Waals surface area contributed by atoms with Crippen LogP contribution in [0.15, 0.2) is 0 Å². The summed E-state index contributed by atoms with van der Waals surface area (Å²) in [7, 11) is 0. The molecule has 1 rings (SSSR count). The molecule has 0 N–H and O–H groups in total. The van der Waals surface area contributed by atoms with Gasteiger partial charge < -0.3 is 0 Å². The van der Waals surface area contributed by atoms with Crippen LogP contribution in [0, 0.1) is 11.8 Å². The second-order valence-electron chi connectivity index (χ2n) is 4.35. The van der Waals surface area contributed by atoms with Crippen LogP contribution in [0.3, 0.4) is 0 Å². The van der Waals surface area contributed by atoms with Gasteiger partial charge >= 0.3 is 0 Å². The molecule has 1 aliphatic rings. The fraction of sp³-hybridized carbons (Fsp3) is 0.750. The Hall–Kier alpha value is -0.460. The molecule has 1 saturated heterocycles. The van der Waals surface area contributed by atoms with Crippen LogP contribution >= 0.6 is 11.8 Å². The maximum atomic E-state index is 11.1. The summed E-state index contributed by atoms with van der Waals surface area (Å²) in [4.78, 5) is 13.5. The number of likely N-dealkylation sites (tertiary alicyclic amines) is 1. The molecule has 0 bridgehead atoms. The van der Waals surface area contributed by atoms with Gasteiger partial charge in [0.2, 0.25) is 0 Å². The van der Waals surface area contributed by atoms with E-state index in [0.717, 1.165) is 13.1 Å². The number of carbonyl (C=O) groups is 1. The molecule has 2 nitrogen and oxygen atoms in total. The first-order valence-electron chi connectivity index (χ1n) is 5.42. The summed E-state index contributed by atoms with van der Waals surface area (Å²) >= 11 is 1.18. The van der Waals surface area contributed by atoms with Crippen LogP contribution in [0.5, 0.6) is 0 Å². The Bertz CT molecular complexity index is 282. The minimum atomic E-state index is -0.161. The smallest absolute Gasteiger partial charge is 0.262 e. The molecule has 0 atom stereocenters. The van der Waals surface area contributed by atoms with E-state index in [2.05, 4.69) is 30.6 Å². The summed E-state index contributed by atoms with van der Waals surface area (Å²) in [5, 5.41) is -0.0416. The molecular formula is C12H19NOS. The average Bonchev–Trinajstić information content (AvgIpc) is 2.27. The first kappa shape index (κ1) is 12.6. The Balaban J connectivity index is 2.62. The van der Waals surface area contributed by atoms with Crippen LogP contribution in [0.1, 0.15) is 33.1 Å². The van der Waals surface area contributed by atoms with Crippen molar-refractivity contribution in [3.8, 4) is 11.8 Å². The molecule has 3 heteroatoms. The van der Waals surface area contributed by atoms with Crippen molar-refractivity contribution in [2.75, 3.05) is 19.3 Å². The van der Waals surface area contributed by atoms with Crippen molar-refractivity contribution in [1.82, 2.24) is 4.90 Å². The van der Waals surface area contributed by atoms with E-state index in [-0.39, 0.29) is 10.7 Å². The molecule has 15 heavy (non-hydrogen) atoms. The van der Waals surface area contributed by atoms with E-state index in [0.29, 0.717) is 0 Å². The van der Waals surface area contributed by atoms with Crippen molar-refractivity contribution in [3.63, 3.8) is 0 Å². The van der Waals surface area contributed by atoms with E-state index in [9.17, 15) is 4.79 Å². The summed E-state index contributed by atoms with van der Waals surface area (Å²) in [6, 6.07) is 0. The third kappa shape index (κ3) is 3.89. The first-order valence-corrected chi connectivity index (χ1v) is 6.65. The molecule has 1 aliphatic heterocycles. The number of thioether (sulfide) groups is 1. The zero-order valence-electron chi connectivity index (χ0n) is 9.80. The molecule has 0 radical (unpaired) electrons. The lowest BCUT2D eigenvalue weighted by atomic mass is 9.99. The lowest BCUT2D eigenvalue weighted by Crippen LogP contribution is -2.45. The van der Waals surface area contributed by atoms with Gasteiger partial charge in [-0.1, -0.05) is 24.1 Å². The highest BCUT2D eigenvalue weighted by Gasteiger charge is 2.25. The van der Waals surface area contributed by atoms with Crippen molar-refractivity contribution in [2.24, 2.45) is 0 Å². The molecule has 84 valence electrons. The normalized spacial score (nSPS) is 18.1. The highest BCUT2D eigenvalue weighted by atomic mass is 32.2. The standard InChI is InChI=1S/C12H19NOS/c1-12(2,8-7-11(14)15-3)13-9-5-4-6-10-13/h4-6,9-10H2,1-3H3. The summed E-state index contributed by atoms with van der Waals surface area (Å²) in [5.41, 5.74) is -0.161. The highest BCUT2D eigenvalue weighted by Crippen LogP contribution is 2.19. The fourth-order valence-corrected chi connectivity index (χ4v) is 1.94. The third-order valence-corrected chi connectivity index (χ3v) is 3.28. The van der Waals surface area contributed by atoms with Gasteiger partial charge in [-0.25, -0.2) is 0 Å². The molecule has 0 unspecified atom stereocenters. The minimum absolute atomic E-state index is 0.0416. The van der Waals surface area contributed by atoms with Crippen molar-refractivity contribution >= 4 is 16.9 Å². The van der Waals surface area contributed by atoms with Gasteiger partial charge in [-0.05, 0) is 52.0 Å². The number of rotatable bonds is 1. The quantitative estimate of drug-likeness (QED) is 0.638. The van der Waals surface area contributed by atoms with Crippen molar-refractivity contribution in [2.45, 2.75) is 38.6 Å². The van der Waals surface area contributed by atoms with Crippen LogP contribution in [0.25, 0.3) is 0 Å². The molecule has 0 aromatic rings. The predicted octanol–water partition coefficient (Wildman–Crippen LogP) is 2.14. The number of nitrogens with zero attached hydrogens (tertiary/aromatic N) is 1. The molecule has 0 aliphatic carbocycles. The van der Waals surface area contributed by atoms with Gasteiger partial charge in [0.1, 0.15) is 0 Å². The number of hydrogen-bond acceptors (Lipinski definition) is 3. The summed E-state index contributed by atoms with van der Waals surface area (Å²) in [6.45, 7) is 6.40. The Morgan fingerprint density at radius 2 is 1.87 bits per heavy atom. The van der Waals surface area contributed by atoms with E-state index in [1.165, 1.54) is 31.0 Å². The van der Waals surface area contributed by atoms with Crippen molar-refractivity contribution in [1.29, 1.82) is 0 Å². The Morgan fingerprint density at radius 1 is 1.27 bits per heavy atom. The fourth-order valence-electron chi connectivity index (χ4n) is 1.79. The zero-order valence-corrected chi connectivity index (χ0v) is 10.6. The number of carbonyl (C=O) groups excluding carboxylic acids is 1. The third-order valence-electron chi connectivity index (χ3n) is 2.80. The first-order chi connectivity index (χ1) is 7.06. The average molecular weight is 225 g/mol. The van der Waals surface area contributed by atoms with Crippen LogP contribution in [0.2, 0.25) is 0 Å². The Kier molecular flexibility index (Phi) is 4.69. The summed E-state index contributed by atoms with van der Waals surface area (Å²) in [6.07, 6.45) is 5.60.